The minimum Gasteiger partial charge on any atom is -0.391 e. The van der Waals surface area contributed by atoms with E-state index in [1.807, 2.05) is 6.92 Å². The molecule has 2 rings (SSSR count). The zero-order chi connectivity index (χ0) is 15.4. The number of halogens is 2. The zero-order valence-electron chi connectivity index (χ0n) is 12.0. The van der Waals surface area contributed by atoms with Crippen molar-refractivity contribution in [3.63, 3.8) is 0 Å². The lowest BCUT2D eigenvalue weighted by molar-refractivity contribution is 0.0835. The fraction of sp³-hybridized carbons (Fsp3) is 0.533. The third-order valence-corrected chi connectivity index (χ3v) is 4.33. The molecular weight excluding hydrogens is 311 g/mol. The predicted octanol–water partition coefficient (Wildman–Crippen LogP) is 3.09. The van der Waals surface area contributed by atoms with Gasteiger partial charge in [0.05, 0.1) is 6.10 Å². The number of carbonyl (C=O) groups excluding carboxylic acids is 1. The van der Waals surface area contributed by atoms with Crippen LogP contribution in [0, 0.1) is 0 Å². The van der Waals surface area contributed by atoms with Crippen LogP contribution in [-0.2, 0) is 6.42 Å². The molecule has 6 heteroatoms. The molecule has 2 atom stereocenters. The van der Waals surface area contributed by atoms with Gasteiger partial charge >= 0.3 is 6.03 Å². The van der Waals surface area contributed by atoms with E-state index < -0.39 is 6.10 Å². The fourth-order valence-corrected chi connectivity index (χ4v) is 3.08. The normalized spacial score (nSPS) is 20.2. The van der Waals surface area contributed by atoms with Crippen molar-refractivity contribution in [3.05, 3.63) is 33.8 Å². The smallest absolute Gasteiger partial charge is 0.317 e. The number of benzene rings is 1. The van der Waals surface area contributed by atoms with E-state index in [1.165, 1.54) is 0 Å². The number of β-amino-alcohol motifs (C(OH)–C–C–N with tert-alkyl or cyclic N) is 1. The number of amides is 2. The van der Waals surface area contributed by atoms with Crippen molar-refractivity contribution >= 4 is 29.2 Å². The maximum atomic E-state index is 12.2. The van der Waals surface area contributed by atoms with E-state index >= 15 is 0 Å². The maximum absolute atomic E-state index is 12.2. The first-order chi connectivity index (χ1) is 9.97. The van der Waals surface area contributed by atoms with Crippen LogP contribution in [0.5, 0.6) is 0 Å². The molecule has 0 saturated carbocycles. The van der Waals surface area contributed by atoms with Crippen LogP contribution < -0.4 is 5.32 Å². The molecular formula is C15H20Cl2N2O2. The number of aliphatic hydroxyl groups excluding tert-OH is 1. The third-order valence-electron chi connectivity index (χ3n) is 3.63. The highest BCUT2D eigenvalue weighted by molar-refractivity contribution is 6.36. The van der Waals surface area contributed by atoms with Crippen LogP contribution in [0.1, 0.15) is 25.3 Å². The van der Waals surface area contributed by atoms with Crippen molar-refractivity contribution in [1.82, 2.24) is 10.2 Å². The second kappa shape index (κ2) is 7.34. The first-order valence-electron chi connectivity index (χ1n) is 7.13. The van der Waals surface area contributed by atoms with Gasteiger partial charge in [0.15, 0.2) is 0 Å². The Balaban J connectivity index is 1.92. The number of carbonyl (C=O) groups is 1. The first-order valence-corrected chi connectivity index (χ1v) is 7.89. The number of nitrogens with zero attached hydrogens (tertiary/aromatic N) is 1. The van der Waals surface area contributed by atoms with Gasteiger partial charge in [0, 0.05) is 29.2 Å². The largest absolute Gasteiger partial charge is 0.391 e. The Bertz CT molecular complexity index is 490. The van der Waals surface area contributed by atoms with Crippen molar-refractivity contribution < 1.29 is 9.90 Å². The van der Waals surface area contributed by atoms with Crippen molar-refractivity contribution in [2.24, 2.45) is 0 Å². The summed E-state index contributed by atoms with van der Waals surface area (Å²) in [7, 11) is 0. The predicted molar refractivity (Wildman–Crippen MR) is 85.0 cm³/mol. The molecule has 0 aromatic heterocycles. The van der Waals surface area contributed by atoms with Crippen molar-refractivity contribution in [2.75, 3.05) is 13.1 Å². The second-order valence-corrected chi connectivity index (χ2v) is 6.31. The molecule has 4 nitrogen and oxygen atoms in total. The van der Waals surface area contributed by atoms with Crippen molar-refractivity contribution in [3.8, 4) is 0 Å². The number of hydrogen-bond donors (Lipinski definition) is 2. The molecule has 2 unspecified atom stereocenters. The SMILES string of the molecule is CC(Cc1c(Cl)cccc1Cl)NC(=O)N1CCCC(O)C1. The lowest BCUT2D eigenvalue weighted by atomic mass is 10.1. The molecule has 1 aliphatic heterocycles. The maximum Gasteiger partial charge on any atom is 0.317 e. The van der Waals surface area contributed by atoms with E-state index in [2.05, 4.69) is 5.32 Å². The number of likely N-dealkylation sites (tertiary alicyclic amines) is 1. The standard InChI is InChI=1S/C15H20Cl2N2O2/c1-10(8-12-13(16)5-2-6-14(12)17)18-15(21)19-7-3-4-11(20)9-19/h2,5-6,10-11,20H,3-4,7-9H2,1H3,(H,18,21). The molecule has 0 bridgehead atoms. The van der Waals surface area contributed by atoms with Crippen LogP contribution in [0.4, 0.5) is 4.79 Å². The van der Waals surface area contributed by atoms with Gasteiger partial charge in [-0.15, -0.1) is 0 Å². The highest BCUT2D eigenvalue weighted by atomic mass is 35.5. The molecule has 1 fully saturated rings. The van der Waals surface area contributed by atoms with E-state index in [4.69, 9.17) is 23.2 Å². The van der Waals surface area contributed by atoms with Gasteiger partial charge in [0.25, 0.3) is 0 Å². The highest BCUT2D eigenvalue weighted by Gasteiger charge is 2.23. The number of piperidine rings is 1. The molecule has 116 valence electrons. The van der Waals surface area contributed by atoms with E-state index in [9.17, 15) is 9.90 Å². The lowest BCUT2D eigenvalue weighted by Crippen LogP contribution is -2.49. The summed E-state index contributed by atoms with van der Waals surface area (Å²) in [6, 6.07) is 5.14. The van der Waals surface area contributed by atoms with Gasteiger partial charge < -0.3 is 15.3 Å². The highest BCUT2D eigenvalue weighted by Crippen LogP contribution is 2.25. The molecule has 0 radical (unpaired) electrons. The lowest BCUT2D eigenvalue weighted by Gasteiger charge is -2.31. The van der Waals surface area contributed by atoms with E-state index in [1.54, 1.807) is 23.1 Å². The minimum absolute atomic E-state index is 0.0889. The molecule has 21 heavy (non-hydrogen) atoms. The third kappa shape index (κ3) is 4.50. The number of nitrogens with one attached hydrogen (secondary N) is 1. The van der Waals surface area contributed by atoms with Gasteiger partial charge in [-0.1, -0.05) is 29.3 Å². The van der Waals surface area contributed by atoms with Crippen molar-refractivity contribution in [1.29, 1.82) is 0 Å². The Morgan fingerprint density at radius 1 is 1.48 bits per heavy atom. The van der Waals surface area contributed by atoms with E-state index in [0.29, 0.717) is 29.6 Å². The average molecular weight is 331 g/mol. The summed E-state index contributed by atoms with van der Waals surface area (Å²) in [5.41, 5.74) is 0.840. The Kier molecular flexibility index (Phi) is 5.73. The van der Waals surface area contributed by atoms with Crippen LogP contribution >= 0.6 is 23.2 Å². The van der Waals surface area contributed by atoms with Gasteiger partial charge in [0.1, 0.15) is 0 Å². The molecule has 1 aliphatic rings. The monoisotopic (exact) mass is 330 g/mol. The number of aliphatic hydroxyl groups is 1. The number of hydrogen-bond acceptors (Lipinski definition) is 2. The Hall–Kier alpha value is -0.970. The molecule has 2 N–H and O–H groups in total. The van der Waals surface area contributed by atoms with E-state index in [-0.39, 0.29) is 12.1 Å². The Morgan fingerprint density at radius 3 is 2.76 bits per heavy atom. The summed E-state index contributed by atoms with van der Waals surface area (Å²) in [6.07, 6.45) is 1.74. The van der Waals surface area contributed by atoms with Gasteiger partial charge in [-0.2, -0.15) is 0 Å². The van der Waals surface area contributed by atoms with Gasteiger partial charge in [0.2, 0.25) is 0 Å². The number of rotatable bonds is 3. The Morgan fingerprint density at radius 2 is 2.14 bits per heavy atom. The second-order valence-electron chi connectivity index (χ2n) is 5.50. The average Bonchev–Trinajstić information content (AvgIpc) is 2.43. The molecule has 1 aromatic rings. The van der Waals surface area contributed by atoms with Gasteiger partial charge in [-0.3, -0.25) is 0 Å². The Labute approximate surface area is 135 Å². The van der Waals surface area contributed by atoms with Crippen LogP contribution in [0.2, 0.25) is 10.0 Å². The van der Waals surface area contributed by atoms with Crippen LogP contribution in [-0.4, -0.2) is 41.3 Å². The molecule has 2 amide bonds. The van der Waals surface area contributed by atoms with Crippen molar-refractivity contribution in [2.45, 2.75) is 38.3 Å². The summed E-state index contributed by atoms with van der Waals surface area (Å²) < 4.78 is 0. The summed E-state index contributed by atoms with van der Waals surface area (Å²) in [6.45, 7) is 2.99. The number of urea groups is 1. The molecule has 1 aromatic carbocycles. The van der Waals surface area contributed by atoms with Crippen LogP contribution in [0.25, 0.3) is 0 Å². The van der Waals surface area contributed by atoms with Crippen LogP contribution in [0.15, 0.2) is 18.2 Å². The first kappa shape index (κ1) is 16.4. The summed E-state index contributed by atoms with van der Waals surface area (Å²) in [5.74, 6) is 0. The van der Waals surface area contributed by atoms with E-state index in [0.717, 1.165) is 18.4 Å². The molecule has 0 spiro atoms. The van der Waals surface area contributed by atoms with Crippen LogP contribution in [0.3, 0.4) is 0 Å². The quantitative estimate of drug-likeness (QED) is 0.894. The molecule has 0 aliphatic carbocycles. The topological polar surface area (TPSA) is 52.6 Å². The fourth-order valence-electron chi connectivity index (χ4n) is 2.53. The summed E-state index contributed by atoms with van der Waals surface area (Å²) >= 11 is 12.3. The van der Waals surface area contributed by atoms with Gasteiger partial charge in [-0.05, 0) is 43.9 Å². The molecule has 1 heterocycles. The van der Waals surface area contributed by atoms with Gasteiger partial charge in [-0.25, -0.2) is 4.79 Å². The molecule has 1 saturated heterocycles. The summed E-state index contributed by atoms with van der Waals surface area (Å²) in [5, 5.41) is 13.8. The zero-order valence-corrected chi connectivity index (χ0v) is 13.5. The minimum atomic E-state index is -0.419. The summed E-state index contributed by atoms with van der Waals surface area (Å²) in [4.78, 5) is 13.8.